The van der Waals surface area contributed by atoms with E-state index < -0.39 is 6.04 Å². The fourth-order valence-corrected chi connectivity index (χ4v) is 4.01. The lowest BCUT2D eigenvalue weighted by molar-refractivity contribution is -0.679. The molecule has 0 saturated carbocycles. The maximum atomic E-state index is 13.5. The number of carbonyl (C=O) groups is 2. The minimum Gasteiger partial charge on any atom is -0.389 e. The highest BCUT2D eigenvalue weighted by Gasteiger charge is 2.55. The standard InChI is InChI=1S/C23H23N4O3/c1-23(2,3)17-13-26-18-19(24-21(26)30-17)25(4)22(29)27(20(18)28)12-15-10-7-9-14-8-5-6-11-16(14)15/h5-11,13,18H,12H2,1-4H3/q+1. The summed E-state index contributed by atoms with van der Waals surface area (Å²) in [7, 11) is 1.65. The van der Waals surface area contributed by atoms with Gasteiger partial charge in [0.05, 0.1) is 6.54 Å². The number of aromatic nitrogens is 1. The second kappa shape index (κ2) is 6.26. The van der Waals surface area contributed by atoms with Crippen LogP contribution in [0, 0.1) is 0 Å². The molecule has 30 heavy (non-hydrogen) atoms. The van der Waals surface area contributed by atoms with Crippen molar-refractivity contribution in [1.29, 1.82) is 0 Å². The van der Waals surface area contributed by atoms with Gasteiger partial charge in [0.15, 0.2) is 5.76 Å². The Morgan fingerprint density at radius 1 is 1.10 bits per heavy atom. The lowest BCUT2D eigenvalue weighted by Crippen LogP contribution is -2.62. The summed E-state index contributed by atoms with van der Waals surface area (Å²) in [5, 5.41) is 2.10. The quantitative estimate of drug-likeness (QED) is 0.613. The van der Waals surface area contributed by atoms with Crippen molar-refractivity contribution in [2.24, 2.45) is 4.99 Å². The summed E-state index contributed by atoms with van der Waals surface area (Å²) in [4.78, 5) is 33.7. The first kappa shape index (κ1) is 18.5. The maximum Gasteiger partial charge on any atom is 0.506 e. The van der Waals surface area contributed by atoms with Crippen LogP contribution >= 0.6 is 0 Å². The first-order chi connectivity index (χ1) is 14.3. The minimum atomic E-state index is -0.697. The first-order valence-electron chi connectivity index (χ1n) is 9.95. The van der Waals surface area contributed by atoms with Gasteiger partial charge in [0.1, 0.15) is 6.20 Å². The second-order valence-corrected chi connectivity index (χ2v) is 8.81. The predicted octanol–water partition coefficient (Wildman–Crippen LogP) is 3.70. The van der Waals surface area contributed by atoms with Crippen molar-refractivity contribution in [2.75, 3.05) is 7.05 Å². The zero-order valence-corrected chi connectivity index (χ0v) is 17.4. The van der Waals surface area contributed by atoms with Gasteiger partial charge in [-0.25, -0.2) is 4.79 Å². The van der Waals surface area contributed by atoms with Crippen molar-refractivity contribution >= 4 is 34.6 Å². The number of hydrogen-bond donors (Lipinski definition) is 0. The van der Waals surface area contributed by atoms with Crippen LogP contribution in [0.3, 0.4) is 0 Å². The Bertz CT molecular complexity index is 1230. The number of benzene rings is 2. The maximum absolute atomic E-state index is 13.5. The van der Waals surface area contributed by atoms with Crippen molar-refractivity contribution in [1.82, 2.24) is 9.80 Å². The molecular weight excluding hydrogens is 380 g/mol. The van der Waals surface area contributed by atoms with Crippen LogP contribution in [-0.4, -0.2) is 34.6 Å². The van der Waals surface area contributed by atoms with Gasteiger partial charge in [-0.1, -0.05) is 63.2 Å². The van der Waals surface area contributed by atoms with Crippen molar-refractivity contribution in [3.8, 4) is 0 Å². The highest BCUT2D eigenvalue weighted by Crippen LogP contribution is 2.33. The van der Waals surface area contributed by atoms with Crippen LogP contribution in [0.1, 0.15) is 38.1 Å². The van der Waals surface area contributed by atoms with E-state index in [1.807, 2.05) is 69.4 Å². The van der Waals surface area contributed by atoms with E-state index in [1.54, 1.807) is 11.6 Å². The Morgan fingerprint density at radius 2 is 1.83 bits per heavy atom. The molecule has 2 aliphatic heterocycles. The van der Waals surface area contributed by atoms with Crippen molar-refractivity contribution in [3.63, 3.8) is 0 Å². The van der Waals surface area contributed by atoms with Crippen LogP contribution in [0.15, 0.2) is 58.1 Å². The molecule has 3 heterocycles. The Kier molecular flexibility index (Phi) is 3.87. The highest BCUT2D eigenvalue weighted by atomic mass is 16.4. The van der Waals surface area contributed by atoms with Gasteiger partial charge in [0.2, 0.25) is 0 Å². The fraction of sp³-hybridized carbons (Fsp3) is 0.304. The van der Waals surface area contributed by atoms with E-state index in [2.05, 4.69) is 4.99 Å². The van der Waals surface area contributed by atoms with Gasteiger partial charge in [-0.15, -0.1) is 0 Å². The third-order valence-corrected chi connectivity index (χ3v) is 5.72. The van der Waals surface area contributed by atoms with E-state index in [9.17, 15) is 9.59 Å². The van der Waals surface area contributed by atoms with E-state index in [1.165, 1.54) is 9.80 Å². The molecular formula is C23H23N4O3+. The van der Waals surface area contributed by atoms with Gasteiger partial charge < -0.3 is 4.42 Å². The molecule has 152 valence electrons. The Morgan fingerprint density at radius 3 is 2.60 bits per heavy atom. The summed E-state index contributed by atoms with van der Waals surface area (Å²) >= 11 is 0. The Labute approximate surface area is 174 Å². The second-order valence-electron chi connectivity index (χ2n) is 8.81. The van der Waals surface area contributed by atoms with E-state index in [0.717, 1.165) is 22.1 Å². The van der Waals surface area contributed by atoms with Gasteiger partial charge in [0.25, 0.3) is 17.8 Å². The summed E-state index contributed by atoms with van der Waals surface area (Å²) in [6, 6.07) is 13.2. The molecule has 0 bridgehead atoms. The molecule has 5 rings (SSSR count). The Balaban J connectivity index is 1.54. The number of nitrogens with zero attached hydrogens (tertiary/aromatic N) is 4. The highest BCUT2D eigenvalue weighted by molar-refractivity contribution is 6.19. The summed E-state index contributed by atoms with van der Waals surface area (Å²) in [5.41, 5.74) is 0.712. The zero-order valence-electron chi connectivity index (χ0n) is 17.4. The normalized spacial score (nSPS) is 18.7. The summed E-state index contributed by atoms with van der Waals surface area (Å²) in [5.74, 6) is 0.849. The molecule has 0 aliphatic carbocycles. The number of rotatable bonds is 2. The first-order valence-corrected chi connectivity index (χ1v) is 9.95. The predicted molar refractivity (Wildman–Crippen MR) is 111 cm³/mol. The number of fused-ring (bicyclic) bond motifs is 4. The smallest absolute Gasteiger partial charge is 0.389 e. The third kappa shape index (κ3) is 2.65. The SMILES string of the molecule is CN1C(=O)N(Cc2cccc3ccccc23)C(=O)C2C1=Nc1oc(C(C)(C)C)c[n+]12. The monoisotopic (exact) mass is 403 g/mol. The van der Waals surface area contributed by atoms with E-state index in [4.69, 9.17) is 4.42 Å². The Hall–Kier alpha value is -3.48. The molecule has 3 aromatic rings. The molecule has 1 saturated heterocycles. The van der Waals surface area contributed by atoms with E-state index in [-0.39, 0.29) is 23.9 Å². The molecule has 2 aromatic carbocycles. The van der Waals surface area contributed by atoms with Crippen LogP contribution in [0.25, 0.3) is 10.8 Å². The number of urea groups is 1. The molecule has 2 aliphatic rings. The summed E-state index contributed by atoms with van der Waals surface area (Å²) in [6.45, 7) is 6.32. The third-order valence-electron chi connectivity index (χ3n) is 5.72. The number of likely N-dealkylation sites (N-methyl/N-ethyl adjacent to an activating group) is 1. The van der Waals surface area contributed by atoms with Crippen LogP contribution in [0.2, 0.25) is 0 Å². The largest absolute Gasteiger partial charge is 0.506 e. The molecule has 1 unspecified atom stereocenters. The lowest BCUT2D eigenvalue weighted by atomic mass is 9.94. The number of carbonyl (C=O) groups excluding carboxylic acids is 2. The van der Waals surface area contributed by atoms with Gasteiger partial charge >= 0.3 is 12.0 Å². The zero-order chi connectivity index (χ0) is 21.2. The molecule has 0 spiro atoms. The summed E-state index contributed by atoms with van der Waals surface area (Å²) in [6.07, 6.45) is 1.83. The molecule has 0 N–H and O–H groups in total. The number of amides is 3. The van der Waals surface area contributed by atoms with Crippen LogP contribution in [0.4, 0.5) is 10.8 Å². The van der Waals surface area contributed by atoms with E-state index in [0.29, 0.717) is 11.9 Å². The van der Waals surface area contributed by atoms with Crippen molar-refractivity contribution in [3.05, 3.63) is 60.0 Å². The van der Waals surface area contributed by atoms with Crippen molar-refractivity contribution in [2.45, 2.75) is 38.8 Å². The van der Waals surface area contributed by atoms with Gasteiger partial charge in [-0.3, -0.25) is 14.6 Å². The van der Waals surface area contributed by atoms with Gasteiger partial charge in [-0.2, -0.15) is 4.57 Å². The number of amidine groups is 1. The number of hydrogen-bond acceptors (Lipinski definition) is 4. The van der Waals surface area contributed by atoms with Crippen LogP contribution < -0.4 is 4.57 Å². The number of aliphatic imine (C=N–C) groups is 1. The topological polar surface area (TPSA) is 70.0 Å². The van der Waals surface area contributed by atoms with Crippen LogP contribution in [0.5, 0.6) is 0 Å². The average molecular weight is 403 g/mol. The minimum absolute atomic E-state index is 0.201. The molecule has 7 nitrogen and oxygen atoms in total. The number of imide groups is 1. The molecule has 1 aromatic heterocycles. The van der Waals surface area contributed by atoms with Gasteiger partial charge in [-0.05, 0) is 16.3 Å². The molecule has 7 heteroatoms. The average Bonchev–Trinajstić information content (AvgIpc) is 3.28. The van der Waals surface area contributed by atoms with Crippen molar-refractivity contribution < 1.29 is 18.6 Å². The molecule has 1 atom stereocenters. The fourth-order valence-electron chi connectivity index (χ4n) is 4.01. The number of oxazole rings is 1. The molecule has 0 radical (unpaired) electrons. The van der Waals surface area contributed by atoms with Crippen LogP contribution in [-0.2, 0) is 16.8 Å². The molecule has 1 fully saturated rings. The van der Waals surface area contributed by atoms with Gasteiger partial charge in [0, 0.05) is 17.5 Å². The van der Waals surface area contributed by atoms with E-state index >= 15 is 0 Å². The molecule has 3 amide bonds. The lowest BCUT2D eigenvalue weighted by Gasteiger charge is -2.32. The summed E-state index contributed by atoms with van der Waals surface area (Å²) < 4.78 is 7.63.